The Hall–Kier alpha value is -5.08. The molecule has 0 atom stereocenters. The molecule has 0 saturated heterocycles. The van der Waals surface area contributed by atoms with Gasteiger partial charge in [0.1, 0.15) is 0 Å². The maximum atomic E-state index is 2.44. The quantitative estimate of drug-likeness (QED) is 0.229. The van der Waals surface area contributed by atoms with E-state index in [-0.39, 0.29) is 0 Å². The SMILES string of the molecule is Cc1c(-n2c3ccccc3c3ccccc32)ccc2c1c1c(-c3ccccc3)cccc1n2-c1ccccc1. The lowest BCUT2D eigenvalue weighted by atomic mass is 9.97. The molecule has 0 aliphatic carbocycles. The minimum absolute atomic E-state index is 1.17. The molecule has 0 radical (unpaired) electrons. The highest BCUT2D eigenvalue weighted by Crippen LogP contribution is 2.42. The Morgan fingerprint density at radius 1 is 0.410 bits per heavy atom. The van der Waals surface area contributed by atoms with Crippen LogP contribution in [-0.4, -0.2) is 9.13 Å². The van der Waals surface area contributed by atoms with Gasteiger partial charge in [-0.15, -0.1) is 0 Å². The summed E-state index contributed by atoms with van der Waals surface area (Å²) < 4.78 is 4.86. The molecule has 2 nitrogen and oxygen atoms in total. The van der Waals surface area contributed by atoms with Gasteiger partial charge in [0.2, 0.25) is 0 Å². The molecule has 0 fully saturated rings. The van der Waals surface area contributed by atoms with Crippen molar-refractivity contribution in [2.24, 2.45) is 0 Å². The molecule has 0 spiro atoms. The van der Waals surface area contributed by atoms with Gasteiger partial charge < -0.3 is 9.13 Å². The summed E-state index contributed by atoms with van der Waals surface area (Å²) in [4.78, 5) is 0. The molecule has 0 aliphatic heterocycles. The molecule has 2 heteroatoms. The Morgan fingerprint density at radius 2 is 0.974 bits per heavy atom. The van der Waals surface area contributed by atoms with Crippen LogP contribution in [0.3, 0.4) is 0 Å². The smallest absolute Gasteiger partial charge is 0.0547 e. The first-order chi connectivity index (χ1) is 19.3. The zero-order chi connectivity index (χ0) is 25.9. The van der Waals surface area contributed by atoms with Crippen LogP contribution in [0, 0.1) is 6.92 Å². The Balaban J connectivity index is 1.55. The Labute approximate surface area is 227 Å². The van der Waals surface area contributed by atoms with Crippen LogP contribution < -0.4 is 0 Å². The minimum atomic E-state index is 1.17. The highest BCUT2D eigenvalue weighted by Gasteiger charge is 2.21. The number of benzene rings is 6. The van der Waals surface area contributed by atoms with Gasteiger partial charge in [-0.1, -0.05) is 97.1 Å². The number of hydrogen-bond acceptors (Lipinski definition) is 0. The Bertz CT molecular complexity index is 2110. The van der Waals surface area contributed by atoms with E-state index in [0.29, 0.717) is 0 Å². The second-order valence-electron chi connectivity index (χ2n) is 10.2. The van der Waals surface area contributed by atoms with Gasteiger partial charge in [0.25, 0.3) is 0 Å². The number of hydrogen-bond donors (Lipinski definition) is 0. The van der Waals surface area contributed by atoms with Crippen molar-refractivity contribution in [3.8, 4) is 22.5 Å². The lowest BCUT2D eigenvalue weighted by Crippen LogP contribution is -1.98. The summed E-state index contributed by atoms with van der Waals surface area (Å²) in [5.41, 5.74) is 11.1. The molecule has 0 bridgehead atoms. The third-order valence-corrected chi connectivity index (χ3v) is 8.11. The number of rotatable bonds is 3. The van der Waals surface area contributed by atoms with Crippen molar-refractivity contribution >= 4 is 43.6 Å². The number of para-hydroxylation sites is 3. The fraction of sp³-hybridized carbons (Fsp3) is 0.0270. The van der Waals surface area contributed by atoms with Gasteiger partial charge in [0, 0.05) is 32.9 Å². The predicted octanol–water partition coefficient (Wildman–Crippen LogP) is 9.86. The van der Waals surface area contributed by atoms with Crippen molar-refractivity contribution in [2.75, 3.05) is 0 Å². The molecule has 39 heavy (non-hydrogen) atoms. The van der Waals surface area contributed by atoms with Gasteiger partial charge in [0.15, 0.2) is 0 Å². The van der Waals surface area contributed by atoms with Gasteiger partial charge >= 0.3 is 0 Å². The van der Waals surface area contributed by atoms with Gasteiger partial charge in [-0.3, -0.25) is 0 Å². The number of fused-ring (bicyclic) bond motifs is 6. The molecule has 8 aromatic rings. The summed E-state index contributed by atoms with van der Waals surface area (Å²) in [5.74, 6) is 0. The lowest BCUT2D eigenvalue weighted by molar-refractivity contribution is 1.15. The Kier molecular flexibility index (Phi) is 4.77. The van der Waals surface area contributed by atoms with Crippen LogP contribution >= 0.6 is 0 Å². The summed E-state index contributed by atoms with van der Waals surface area (Å²) >= 11 is 0. The van der Waals surface area contributed by atoms with E-state index in [1.807, 2.05) is 0 Å². The van der Waals surface area contributed by atoms with Crippen molar-refractivity contribution in [2.45, 2.75) is 6.92 Å². The minimum Gasteiger partial charge on any atom is -0.309 e. The normalized spacial score (nSPS) is 11.7. The van der Waals surface area contributed by atoms with Gasteiger partial charge in [0.05, 0.1) is 22.1 Å². The van der Waals surface area contributed by atoms with Gasteiger partial charge in [-0.25, -0.2) is 0 Å². The molecule has 0 aliphatic rings. The molecule has 0 amide bonds. The Morgan fingerprint density at radius 3 is 1.67 bits per heavy atom. The number of aromatic nitrogens is 2. The van der Waals surface area contributed by atoms with Crippen molar-refractivity contribution in [1.82, 2.24) is 9.13 Å². The maximum Gasteiger partial charge on any atom is 0.0547 e. The fourth-order valence-electron chi connectivity index (χ4n) is 6.45. The van der Waals surface area contributed by atoms with E-state index in [0.717, 1.165) is 0 Å². The summed E-state index contributed by atoms with van der Waals surface area (Å²) in [5, 5.41) is 5.16. The molecule has 6 aromatic carbocycles. The van der Waals surface area contributed by atoms with Gasteiger partial charge in [-0.05, 0) is 66.1 Å². The molecule has 2 aromatic heterocycles. The average molecular weight is 499 g/mol. The van der Waals surface area contributed by atoms with Crippen LogP contribution in [0.4, 0.5) is 0 Å². The number of nitrogens with zero attached hydrogens (tertiary/aromatic N) is 2. The maximum absolute atomic E-state index is 2.44. The van der Waals surface area contributed by atoms with E-state index in [4.69, 9.17) is 0 Å². The monoisotopic (exact) mass is 498 g/mol. The highest BCUT2D eigenvalue weighted by atomic mass is 15.0. The molecular weight excluding hydrogens is 472 g/mol. The summed E-state index contributed by atoms with van der Waals surface area (Å²) in [6.45, 7) is 2.29. The van der Waals surface area contributed by atoms with Crippen molar-refractivity contribution in [1.29, 1.82) is 0 Å². The van der Waals surface area contributed by atoms with Gasteiger partial charge in [-0.2, -0.15) is 0 Å². The standard InChI is InChI=1S/C37H26N2/c1-25-31(39-32-20-10-8-17-29(32)30-18-9-11-21-33(30)39)23-24-35-36(25)37-28(26-13-4-2-5-14-26)19-12-22-34(37)38(35)27-15-6-3-7-16-27/h2-24H,1H3. The molecular formula is C37H26N2. The average Bonchev–Trinajstić information content (AvgIpc) is 3.52. The third kappa shape index (κ3) is 3.15. The molecule has 0 N–H and O–H groups in total. The highest BCUT2D eigenvalue weighted by molar-refractivity contribution is 6.18. The van der Waals surface area contributed by atoms with Crippen LogP contribution in [0.2, 0.25) is 0 Å². The largest absolute Gasteiger partial charge is 0.309 e. The molecule has 0 unspecified atom stereocenters. The first kappa shape index (κ1) is 22.0. The van der Waals surface area contributed by atoms with E-state index in [2.05, 4.69) is 156 Å². The van der Waals surface area contributed by atoms with Crippen LogP contribution in [0.15, 0.2) is 140 Å². The second kappa shape index (κ2) is 8.47. The van der Waals surface area contributed by atoms with Crippen LogP contribution in [0.25, 0.3) is 66.1 Å². The molecule has 184 valence electrons. The summed E-state index contributed by atoms with van der Waals surface area (Å²) in [6.07, 6.45) is 0. The molecule has 2 heterocycles. The van der Waals surface area contributed by atoms with Crippen LogP contribution in [-0.2, 0) is 0 Å². The van der Waals surface area contributed by atoms with E-state index in [9.17, 15) is 0 Å². The zero-order valence-electron chi connectivity index (χ0n) is 21.7. The topological polar surface area (TPSA) is 9.86 Å². The first-order valence-electron chi connectivity index (χ1n) is 13.5. The van der Waals surface area contributed by atoms with E-state index < -0.39 is 0 Å². The first-order valence-corrected chi connectivity index (χ1v) is 13.5. The van der Waals surface area contributed by atoms with E-state index >= 15 is 0 Å². The second-order valence-corrected chi connectivity index (χ2v) is 10.2. The van der Waals surface area contributed by atoms with Crippen LogP contribution in [0.1, 0.15) is 5.56 Å². The zero-order valence-corrected chi connectivity index (χ0v) is 21.7. The lowest BCUT2D eigenvalue weighted by Gasteiger charge is -2.14. The van der Waals surface area contributed by atoms with Crippen molar-refractivity contribution in [3.05, 3.63) is 145 Å². The summed E-state index contributed by atoms with van der Waals surface area (Å²) in [6, 6.07) is 50.3. The van der Waals surface area contributed by atoms with E-state index in [1.54, 1.807) is 0 Å². The number of aryl methyl sites for hydroxylation is 1. The van der Waals surface area contributed by atoms with Crippen molar-refractivity contribution < 1.29 is 0 Å². The van der Waals surface area contributed by atoms with E-state index in [1.165, 1.54) is 71.7 Å². The van der Waals surface area contributed by atoms with Crippen LogP contribution in [0.5, 0.6) is 0 Å². The summed E-state index contributed by atoms with van der Waals surface area (Å²) in [7, 11) is 0. The predicted molar refractivity (Wildman–Crippen MR) is 165 cm³/mol. The molecule has 8 rings (SSSR count). The van der Waals surface area contributed by atoms with Crippen molar-refractivity contribution in [3.63, 3.8) is 0 Å². The molecule has 0 saturated carbocycles. The fourth-order valence-corrected chi connectivity index (χ4v) is 6.45. The third-order valence-electron chi connectivity index (χ3n) is 8.11.